The molecule has 5 rings (SSSR count). The van der Waals surface area contributed by atoms with Gasteiger partial charge in [0, 0.05) is 41.4 Å². The summed E-state index contributed by atoms with van der Waals surface area (Å²) in [6.45, 7) is 1.25. The van der Waals surface area contributed by atoms with E-state index < -0.39 is 0 Å². The largest absolute Gasteiger partial charge is 0.339 e. The quantitative estimate of drug-likeness (QED) is 0.460. The van der Waals surface area contributed by atoms with E-state index >= 15 is 0 Å². The summed E-state index contributed by atoms with van der Waals surface area (Å²) in [7, 11) is 0. The molecule has 1 aliphatic rings. The summed E-state index contributed by atoms with van der Waals surface area (Å²) in [5.74, 6) is 1.16. The Bertz CT molecular complexity index is 1260. The Balaban J connectivity index is 1.17. The first-order chi connectivity index (χ1) is 16.7. The first kappa shape index (κ1) is 21.6. The number of nitrogens with zero attached hydrogens (tertiary/aromatic N) is 3. The second-order valence-corrected chi connectivity index (χ2v) is 8.29. The lowest BCUT2D eigenvalue weighted by atomic mass is 9.96. The van der Waals surface area contributed by atoms with Crippen LogP contribution in [0.25, 0.3) is 11.4 Å². The van der Waals surface area contributed by atoms with Crippen LogP contribution in [0.5, 0.6) is 0 Å². The van der Waals surface area contributed by atoms with Crippen molar-refractivity contribution in [3.05, 3.63) is 102 Å². The van der Waals surface area contributed by atoms with Gasteiger partial charge in [0.05, 0.1) is 0 Å². The van der Waals surface area contributed by atoms with Crippen LogP contribution in [0.2, 0.25) is 0 Å². The van der Waals surface area contributed by atoms with Crippen molar-refractivity contribution in [3.8, 4) is 11.4 Å². The fourth-order valence-electron chi connectivity index (χ4n) is 4.11. The Kier molecular flexibility index (Phi) is 6.16. The molecule has 0 spiro atoms. The third kappa shape index (κ3) is 4.73. The molecule has 7 heteroatoms. The van der Waals surface area contributed by atoms with E-state index in [1.165, 1.54) is 0 Å². The molecule has 1 N–H and O–H groups in total. The number of anilines is 1. The van der Waals surface area contributed by atoms with Gasteiger partial charge in [-0.25, -0.2) is 0 Å². The minimum Gasteiger partial charge on any atom is -0.339 e. The van der Waals surface area contributed by atoms with Crippen molar-refractivity contribution in [1.82, 2.24) is 15.0 Å². The Labute approximate surface area is 197 Å². The Morgan fingerprint density at radius 1 is 0.824 bits per heavy atom. The lowest BCUT2D eigenvalue weighted by molar-refractivity contribution is 0.0704. The molecule has 2 amide bonds. The van der Waals surface area contributed by atoms with Crippen molar-refractivity contribution >= 4 is 17.5 Å². The number of carbonyl (C=O) groups is 2. The van der Waals surface area contributed by atoms with E-state index in [4.69, 9.17) is 4.52 Å². The highest BCUT2D eigenvalue weighted by Crippen LogP contribution is 2.29. The molecule has 0 aliphatic carbocycles. The number of nitrogens with one attached hydrogen (secondary N) is 1. The van der Waals surface area contributed by atoms with Gasteiger partial charge >= 0.3 is 0 Å². The average Bonchev–Trinajstić information content (AvgIpc) is 3.40. The fraction of sp³-hybridized carbons (Fsp3) is 0.185. The molecular formula is C27H24N4O3. The lowest BCUT2D eigenvalue weighted by Gasteiger charge is -2.30. The van der Waals surface area contributed by atoms with Crippen LogP contribution < -0.4 is 5.32 Å². The number of benzene rings is 3. The Morgan fingerprint density at radius 3 is 2.15 bits per heavy atom. The molecule has 3 aromatic carbocycles. The standard InChI is InChI=1S/C27H24N4O3/c32-25(20-9-5-2-6-10-20)28-23-13-11-22(12-14-23)27(33)31-17-15-21(16-18-31)26-29-24(30-34-26)19-7-3-1-4-8-19/h1-14,21H,15-18H2,(H,28,32). The molecule has 0 atom stereocenters. The van der Waals surface area contributed by atoms with Gasteiger partial charge in [-0.05, 0) is 49.2 Å². The van der Waals surface area contributed by atoms with Gasteiger partial charge in [0.1, 0.15) is 0 Å². The van der Waals surface area contributed by atoms with Crippen LogP contribution in [-0.2, 0) is 0 Å². The molecule has 0 unspecified atom stereocenters. The van der Waals surface area contributed by atoms with Crippen LogP contribution in [0.1, 0.15) is 45.4 Å². The molecule has 1 fully saturated rings. The van der Waals surface area contributed by atoms with E-state index in [0.717, 1.165) is 18.4 Å². The normalized spacial score (nSPS) is 14.1. The van der Waals surface area contributed by atoms with Crippen LogP contribution in [0.4, 0.5) is 5.69 Å². The topological polar surface area (TPSA) is 88.3 Å². The zero-order valence-electron chi connectivity index (χ0n) is 18.6. The highest BCUT2D eigenvalue weighted by molar-refractivity contribution is 6.04. The third-order valence-electron chi connectivity index (χ3n) is 6.03. The second-order valence-electron chi connectivity index (χ2n) is 8.29. The summed E-state index contributed by atoms with van der Waals surface area (Å²) in [5.41, 5.74) is 2.76. The SMILES string of the molecule is O=C(Nc1ccc(C(=O)N2CCC(c3nc(-c4ccccc4)no3)CC2)cc1)c1ccccc1. The molecule has 1 saturated heterocycles. The lowest BCUT2D eigenvalue weighted by Crippen LogP contribution is -2.38. The maximum atomic E-state index is 13.0. The van der Waals surface area contributed by atoms with Crippen LogP contribution in [0.15, 0.2) is 89.5 Å². The molecule has 2 heterocycles. The van der Waals surface area contributed by atoms with Gasteiger partial charge < -0.3 is 14.7 Å². The van der Waals surface area contributed by atoms with Crippen LogP contribution in [0.3, 0.4) is 0 Å². The van der Waals surface area contributed by atoms with Crippen molar-refractivity contribution in [2.24, 2.45) is 0 Å². The van der Waals surface area contributed by atoms with Gasteiger partial charge in [0.2, 0.25) is 11.7 Å². The number of hydrogen-bond donors (Lipinski definition) is 1. The van der Waals surface area contributed by atoms with Crippen molar-refractivity contribution in [1.29, 1.82) is 0 Å². The summed E-state index contributed by atoms with van der Waals surface area (Å²) in [5, 5.41) is 6.97. The minimum atomic E-state index is -0.182. The number of aromatic nitrogens is 2. The number of piperidine rings is 1. The van der Waals surface area contributed by atoms with Gasteiger partial charge in [-0.3, -0.25) is 9.59 Å². The van der Waals surface area contributed by atoms with Crippen LogP contribution >= 0.6 is 0 Å². The van der Waals surface area contributed by atoms with E-state index in [9.17, 15) is 9.59 Å². The maximum Gasteiger partial charge on any atom is 0.255 e. The van der Waals surface area contributed by atoms with Crippen molar-refractivity contribution in [3.63, 3.8) is 0 Å². The highest BCUT2D eigenvalue weighted by atomic mass is 16.5. The molecule has 1 aromatic heterocycles. The number of amides is 2. The zero-order valence-corrected chi connectivity index (χ0v) is 18.6. The Morgan fingerprint density at radius 2 is 1.47 bits per heavy atom. The maximum absolute atomic E-state index is 13.0. The number of likely N-dealkylation sites (tertiary alicyclic amines) is 1. The van der Waals surface area contributed by atoms with E-state index in [0.29, 0.717) is 41.6 Å². The summed E-state index contributed by atoms with van der Waals surface area (Å²) in [6.07, 6.45) is 1.54. The fourth-order valence-corrected chi connectivity index (χ4v) is 4.11. The average molecular weight is 453 g/mol. The molecule has 4 aromatic rings. The van der Waals surface area contributed by atoms with E-state index in [2.05, 4.69) is 15.5 Å². The van der Waals surface area contributed by atoms with Gasteiger partial charge in [-0.1, -0.05) is 53.7 Å². The number of hydrogen-bond acceptors (Lipinski definition) is 5. The molecular weight excluding hydrogens is 428 g/mol. The third-order valence-corrected chi connectivity index (χ3v) is 6.03. The zero-order chi connectivity index (χ0) is 23.3. The summed E-state index contributed by atoms with van der Waals surface area (Å²) in [6, 6.07) is 25.8. The minimum absolute atomic E-state index is 0.0186. The predicted molar refractivity (Wildman–Crippen MR) is 128 cm³/mol. The van der Waals surface area contributed by atoms with Gasteiger partial charge in [0.15, 0.2) is 0 Å². The molecule has 1 aliphatic heterocycles. The molecule has 34 heavy (non-hydrogen) atoms. The molecule has 170 valence electrons. The molecule has 7 nitrogen and oxygen atoms in total. The smallest absolute Gasteiger partial charge is 0.255 e. The van der Waals surface area contributed by atoms with Crippen molar-refractivity contribution in [2.45, 2.75) is 18.8 Å². The Hall–Kier alpha value is -4.26. The van der Waals surface area contributed by atoms with E-state index in [1.807, 2.05) is 53.4 Å². The van der Waals surface area contributed by atoms with Crippen LogP contribution in [0, 0.1) is 0 Å². The van der Waals surface area contributed by atoms with Gasteiger partial charge in [-0.2, -0.15) is 4.98 Å². The number of carbonyl (C=O) groups excluding carboxylic acids is 2. The first-order valence-electron chi connectivity index (χ1n) is 11.3. The van der Waals surface area contributed by atoms with Crippen LogP contribution in [-0.4, -0.2) is 39.9 Å². The monoisotopic (exact) mass is 452 g/mol. The molecule has 0 saturated carbocycles. The summed E-state index contributed by atoms with van der Waals surface area (Å²) in [4.78, 5) is 31.7. The van der Waals surface area contributed by atoms with E-state index in [1.54, 1.807) is 36.4 Å². The highest BCUT2D eigenvalue weighted by Gasteiger charge is 2.28. The second kappa shape index (κ2) is 9.70. The predicted octanol–water partition coefficient (Wildman–Crippen LogP) is 5.01. The van der Waals surface area contributed by atoms with Gasteiger partial charge in [0.25, 0.3) is 11.8 Å². The number of rotatable bonds is 5. The summed E-state index contributed by atoms with van der Waals surface area (Å²) < 4.78 is 5.52. The van der Waals surface area contributed by atoms with Crippen molar-refractivity contribution < 1.29 is 14.1 Å². The van der Waals surface area contributed by atoms with Crippen molar-refractivity contribution in [2.75, 3.05) is 18.4 Å². The van der Waals surface area contributed by atoms with E-state index in [-0.39, 0.29) is 17.7 Å². The van der Waals surface area contributed by atoms with Gasteiger partial charge in [-0.15, -0.1) is 0 Å². The first-order valence-corrected chi connectivity index (χ1v) is 11.3. The summed E-state index contributed by atoms with van der Waals surface area (Å²) >= 11 is 0. The molecule has 0 radical (unpaired) electrons. The molecule has 0 bridgehead atoms.